The fourth-order valence-corrected chi connectivity index (χ4v) is 4.27. The molecule has 0 radical (unpaired) electrons. The first-order valence-corrected chi connectivity index (χ1v) is 6.98. The SMILES string of the molecule is CC1(C2CC3CCC2C3)OCOC(O)(C(F)(F)F)C1(F)F. The molecular formula is C13H17F5O3. The third-order valence-corrected chi connectivity index (χ3v) is 5.51. The molecule has 2 bridgehead atoms. The van der Waals surface area contributed by atoms with Crippen LogP contribution in [-0.2, 0) is 9.47 Å². The average Bonchev–Trinajstić information content (AvgIpc) is 2.97. The number of hydrogen-bond donors (Lipinski definition) is 1. The average molecular weight is 316 g/mol. The fraction of sp³-hybridized carbons (Fsp3) is 1.00. The summed E-state index contributed by atoms with van der Waals surface area (Å²) in [4.78, 5) is 0. The van der Waals surface area contributed by atoms with Crippen LogP contribution in [0, 0.1) is 17.8 Å². The van der Waals surface area contributed by atoms with Gasteiger partial charge >= 0.3 is 17.9 Å². The van der Waals surface area contributed by atoms with Crippen molar-refractivity contribution in [3.8, 4) is 0 Å². The molecule has 0 amide bonds. The van der Waals surface area contributed by atoms with Crippen molar-refractivity contribution in [2.45, 2.75) is 56.1 Å². The van der Waals surface area contributed by atoms with Crippen LogP contribution in [0.25, 0.3) is 0 Å². The van der Waals surface area contributed by atoms with Crippen molar-refractivity contribution in [1.82, 2.24) is 0 Å². The van der Waals surface area contributed by atoms with Gasteiger partial charge in [0.15, 0.2) is 6.79 Å². The van der Waals surface area contributed by atoms with E-state index in [-0.39, 0.29) is 11.8 Å². The van der Waals surface area contributed by atoms with E-state index in [0.717, 1.165) is 26.2 Å². The van der Waals surface area contributed by atoms with Crippen LogP contribution in [0.15, 0.2) is 0 Å². The third-order valence-electron chi connectivity index (χ3n) is 5.51. The van der Waals surface area contributed by atoms with Crippen molar-refractivity contribution < 1.29 is 36.5 Å². The Hall–Kier alpha value is -0.470. The van der Waals surface area contributed by atoms with E-state index in [1.54, 1.807) is 0 Å². The number of ether oxygens (including phenoxy) is 2. The molecule has 2 saturated carbocycles. The molecule has 5 atom stereocenters. The van der Waals surface area contributed by atoms with Gasteiger partial charge in [0.1, 0.15) is 5.60 Å². The highest BCUT2D eigenvalue weighted by Gasteiger charge is 2.81. The lowest BCUT2D eigenvalue weighted by Crippen LogP contribution is -2.74. The lowest BCUT2D eigenvalue weighted by molar-refractivity contribution is -0.506. The number of hydrogen-bond acceptors (Lipinski definition) is 3. The Morgan fingerprint density at radius 3 is 2.24 bits per heavy atom. The maximum absolute atomic E-state index is 14.6. The van der Waals surface area contributed by atoms with Crippen LogP contribution in [0.5, 0.6) is 0 Å². The maximum atomic E-state index is 14.6. The van der Waals surface area contributed by atoms with Gasteiger partial charge in [-0.1, -0.05) is 6.42 Å². The minimum atomic E-state index is -5.60. The first kappa shape index (κ1) is 15.4. The Labute approximate surface area is 118 Å². The van der Waals surface area contributed by atoms with Crippen LogP contribution in [0.1, 0.15) is 32.6 Å². The molecule has 3 fully saturated rings. The van der Waals surface area contributed by atoms with Crippen LogP contribution in [0.4, 0.5) is 22.0 Å². The van der Waals surface area contributed by atoms with E-state index in [0.29, 0.717) is 6.42 Å². The molecule has 1 aliphatic heterocycles. The molecule has 3 rings (SSSR count). The Balaban J connectivity index is 1.98. The van der Waals surface area contributed by atoms with Gasteiger partial charge in [0.2, 0.25) is 0 Å². The molecule has 1 N–H and O–H groups in total. The van der Waals surface area contributed by atoms with Gasteiger partial charge in [-0.05, 0) is 43.9 Å². The van der Waals surface area contributed by atoms with Gasteiger partial charge in [0.05, 0.1) is 0 Å². The van der Waals surface area contributed by atoms with E-state index in [2.05, 4.69) is 4.74 Å². The topological polar surface area (TPSA) is 38.7 Å². The van der Waals surface area contributed by atoms with E-state index < -0.39 is 36.2 Å². The lowest BCUT2D eigenvalue weighted by Gasteiger charge is -2.53. The Morgan fingerprint density at radius 2 is 1.76 bits per heavy atom. The standard InChI is InChI=1S/C13H17F5O3/c1-10(9-5-7-2-3-8(9)4-7)11(14,15)12(19,13(16,17)18)21-6-20-10/h7-9,19H,2-6H2,1H3. The molecule has 0 aromatic carbocycles. The second-order valence-corrected chi connectivity index (χ2v) is 6.51. The van der Waals surface area contributed by atoms with Crippen molar-refractivity contribution in [3.63, 3.8) is 0 Å². The van der Waals surface area contributed by atoms with Crippen molar-refractivity contribution >= 4 is 0 Å². The summed E-state index contributed by atoms with van der Waals surface area (Å²) in [5.41, 5.74) is -2.38. The molecule has 0 aromatic rings. The highest BCUT2D eigenvalue weighted by molar-refractivity contribution is 5.12. The molecular weight excluding hydrogens is 299 g/mol. The van der Waals surface area contributed by atoms with E-state index in [9.17, 15) is 27.1 Å². The maximum Gasteiger partial charge on any atom is 0.449 e. The summed E-state index contributed by atoms with van der Waals surface area (Å²) in [5, 5.41) is 9.52. The first-order chi connectivity index (χ1) is 9.53. The molecule has 122 valence electrons. The summed E-state index contributed by atoms with van der Waals surface area (Å²) >= 11 is 0. The largest absolute Gasteiger partial charge is 0.449 e. The predicted molar refractivity (Wildman–Crippen MR) is 60.3 cm³/mol. The minimum Gasteiger partial charge on any atom is -0.354 e. The number of fused-ring (bicyclic) bond motifs is 2. The molecule has 21 heavy (non-hydrogen) atoms. The van der Waals surface area contributed by atoms with E-state index in [1.165, 1.54) is 0 Å². The molecule has 8 heteroatoms. The number of alkyl halides is 5. The molecule has 5 unspecified atom stereocenters. The van der Waals surface area contributed by atoms with Gasteiger partial charge in [-0.15, -0.1) is 0 Å². The number of rotatable bonds is 1. The summed E-state index contributed by atoms with van der Waals surface area (Å²) in [5.74, 6) is -9.61. The molecule has 3 nitrogen and oxygen atoms in total. The normalized spacial score (nSPS) is 49.6. The second kappa shape index (κ2) is 4.29. The zero-order chi connectivity index (χ0) is 15.7. The number of halogens is 5. The second-order valence-electron chi connectivity index (χ2n) is 6.51. The third kappa shape index (κ3) is 1.81. The van der Waals surface area contributed by atoms with Crippen molar-refractivity contribution in [1.29, 1.82) is 0 Å². The van der Waals surface area contributed by atoms with Crippen LogP contribution >= 0.6 is 0 Å². The predicted octanol–water partition coefficient (Wildman–Crippen LogP) is 3.07. The summed E-state index contributed by atoms with van der Waals surface area (Å²) < 4.78 is 76.8. The minimum absolute atomic E-state index is 0.0820. The van der Waals surface area contributed by atoms with Crippen LogP contribution in [0.2, 0.25) is 0 Å². The quantitative estimate of drug-likeness (QED) is 0.756. The Bertz CT molecular complexity index is 440. The van der Waals surface area contributed by atoms with Crippen LogP contribution in [-0.4, -0.2) is 35.4 Å². The van der Waals surface area contributed by atoms with E-state index >= 15 is 0 Å². The van der Waals surface area contributed by atoms with E-state index in [4.69, 9.17) is 4.74 Å². The van der Waals surface area contributed by atoms with Gasteiger partial charge in [-0.25, -0.2) is 0 Å². The molecule has 0 spiro atoms. The summed E-state index contributed by atoms with van der Waals surface area (Å²) in [7, 11) is 0. The van der Waals surface area contributed by atoms with Gasteiger partial charge in [0, 0.05) is 0 Å². The first-order valence-electron chi connectivity index (χ1n) is 6.98. The van der Waals surface area contributed by atoms with Crippen molar-refractivity contribution in [2.24, 2.45) is 17.8 Å². The molecule has 3 aliphatic rings. The van der Waals surface area contributed by atoms with E-state index in [1.807, 2.05) is 0 Å². The summed E-state index contributed by atoms with van der Waals surface area (Å²) in [6.07, 6.45) is -2.81. The van der Waals surface area contributed by atoms with Crippen molar-refractivity contribution in [3.05, 3.63) is 0 Å². The Morgan fingerprint density at radius 1 is 1.10 bits per heavy atom. The van der Waals surface area contributed by atoms with Crippen molar-refractivity contribution in [2.75, 3.05) is 6.79 Å². The molecule has 1 saturated heterocycles. The summed E-state index contributed by atoms with van der Waals surface area (Å²) in [6, 6.07) is 0. The Kier molecular flexibility index (Phi) is 3.15. The van der Waals surface area contributed by atoms with Gasteiger partial charge in [-0.2, -0.15) is 22.0 Å². The lowest BCUT2D eigenvalue weighted by atomic mass is 9.71. The molecule has 2 aliphatic carbocycles. The zero-order valence-corrected chi connectivity index (χ0v) is 11.4. The molecule has 0 aromatic heterocycles. The van der Waals surface area contributed by atoms with Gasteiger partial charge < -0.3 is 14.6 Å². The highest BCUT2D eigenvalue weighted by Crippen LogP contribution is 2.61. The fourth-order valence-electron chi connectivity index (χ4n) is 4.27. The van der Waals surface area contributed by atoms with Crippen LogP contribution < -0.4 is 0 Å². The van der Waals surface area contributed by atoms with Gasteiger partial charge in [0.25, 0.3) is 0 Å². The highest BCUT2D eigenvalue weighted by atomic mass is 19.4. The molecule has 1 heterocycles. The number of aliphatic hydroxyl groups is 1. The summed E-state index contributed by atoms with van der Waals surface area (Å²) in [6.45, 7) is -0.0341. The zero-order valence-electron chi connectivity index (χ0n) is 11.4. The van der Waals surface area contributed by atoms with Crippen LogP contribution in [0.3, 0.4) is 0 Å². The smallest absolute Gasteiger partial charge is 0.354 e. The monoisotopic (exact) mass is 316 g/mol. The van der Waals surface area contributed by atoms with Gasteiger partial charge in [-0.3, -0.25) is 0 Å².